The molecule has 2 aromatic carbocycles. The molecular formula is C20H15NO2. The summed E-state index contributed by atoms with van der Waals surface area (Å²) >= 11 is 0. The Morgan fingerprint density at radius 1 is 0.652 bits per heavy atom. The number of anilines is 1. The van der Waals surface area contributed by atoms with E-state index in [0.29, 0.717) is 5.69 Å². The molecule has 1 saturated heterocycles. The summed E-state index contributed by atoms with van der Waals surface area (Å²) in [6, 6.07) is 17.5. The van der Waals surface area contributed by atoms with Gasteiger partial charge in [0.15, 0.2) is 0 Å². The minimum atomic E-state index is -0.257. The maximum Gasteiger partial charge on any atom is 0.238 e. The fraction of sp³-hybridized carbons (Fsp3) is 0.200. The monoisotopic (exact) mass is 301 g/mol. The van der Waals surface area contributed by atoms with Gasteiger partial charge in [-0.05, 0) is 23.3 Å². The van der Waals surface area contributed by atoms with E-state index in [0.717, 1.165) is 0 Å². The molecule has 3 aliphatic carbocycles. The van der Waals surface area contributed by atoms with E-state index in [1.54, 1.807) is 0 Å². The molecule has 4 aliphatic rings. The second kappa shape index (κ2) is 4.42. The first-order valence-electron chi connectivity index (χ1n) is 7.97. The van der Waals surface area contributed by atoms with Gasteiger partial charge in [-0.2, -0.15) is 0 Å². The van der Waals surface area contributed by atoms with Crippen molar-refractivity contribution >= 4 is 17.5 Å². The summed E-state index contributed by atoms with van der Waals surface area (Å²) < 4.78 is 0. The lowest BCUT2D eigenvalue weighted by molar-refractivity contribution is -0.122. The Balaban J connectivity index is 1.65. The van der Waals surface area contributed by atoms with Crippen LogP contribution in [0, 0.1) is 11.8 Å². The van der Waals surface area contributed by atoms with E-state index in [9.17, 15) is 9.59 Å². The zero-order valence-electron chi connectivity index (χ0n) is 12.4. The summed E-state index contributed by atoms with van der Waals surface area (Å²) in [5, 5.41) is 0. The number of amides is 2. The van der Waals surface area contributed by atoms with Gasteiger partial charge < -0.3 is 0 Å². The second-order valence-corrected chi connectivity index (χ2v) is 6.46. The van der Waals surface area contributed by atoms with Crippen molar-refractivity contribution in [1.82, 2.24) is 0 Å². The third-order valence-corrected chi connectivity index (χ3v) is 5.43. The molecule has 1 heterocycles. The van der Waals surface area contributed by atoms with E-state index in [1.165, 1.54) is 16.0 Å². The standard InChI is InChI=1S/C20H15NO2/c22-19-17-15-10-11-16(14-9-5-4-8-13(14)15)18(17)20(23)21(19)12-6-2-1-3-7-12/h1-11,15-18H/t15-,16+,17+,18-. The van der Waals surface area contributed by atoms with Gasteiger partial charge in [-0.25, -0.2) is 4.90 Å². The first-order valence-corrected chi connectivity index (χ1v) is 7.97. The summed E-state index contributed by atoms with van der Waals surface area (Å²) in [6.45, 7) is 0. The molecule has 3 nitrogen and oxygen atoms in total. The summed E-state index contributed by atoms with van der Waals surface area (Å²) in [5.74, 6) is -0.585. The number of allylic oxidation sites excluding steroid dienone is 2. The Labute approximate surface area is 134 Å². The SMILES string of the molecule is O=C1[C@@H]2[C@H](C(=O)N1c1ccccc1)[C@H]1C=C[C@@H]2c2ccccc21. The largest absolute Gasteiger partial charge is 0.274 e. The molecule has 0 unspecified atom stereocenters. The van der Waals surface area contributed by atoms with Crippen molar-refractivity contribution in [3.05, 3.63) is 77.9 Å². The fourth-order valence-corrected chi connectivity index (χ4v) is 4.49. The van der Waals surface area contributed by atoms with Crippen LogP contribution in [0.3, 0.4) is 0 Å². The zero-order valence-corrected chi connectivity index (χ0v) is 12.4. The molecule has 2 amide bonds. The molecule has 2 bridgehead atoms. The van der Waals surface area contributed by atoms with Crippen molar-refractivity contribution in [2.45, 2.75) is 11.8 Å². The van der Waals surface area contributed by atoms with E-state index < -0.39 is 0 Å². The predicted molar refractivity (Wildman–Crippen MR) is 87.0 cm³/mol. The van der Waals surface area contributed by atoms with Crippen LogP contribution < -0.4 is 4.90 Å². The molecule has 4 atom stereocenters. The lowest BCUT2D eigenvalue weighted by atomic mass is 9.61. The molecule has 0 N–H and O–H groups in total. The summed E-state index contributed by atoms with van der Waals surface area (Å²) in [4.78, 5) is 27.4. The van der Waals surface area contributed by atoms with E-state index in [2.05, 4.69) is 24.3 Å². The van der Waals surface area contributed by atoms with Crippen LogP contribution >= 0.6 is 0 Å². The fourth-order valence-electron chi connectivity index (χ4n) is 4.49. The Bertz CT molecular complexity index is 804. The summed E-state index contributed by atoms with van der Waals surface area (Å²) in [6.07, 6.45) is 4.24. The van der Waals surface area contributed by atoms with E-state index in [-0.39, 0.29) is 35.5 Å². The van der Waals surface area contributed by atoms with Crippen molar-refractivity contribution in [3.8, 4) is 0 Å². The first-order chi connectivity index (χ1) is 11.3. The first kappa shape index (κ1) is 12.8. The number of hydrogen-bond donors (Lipinski definition) is 0. The Morgan fingerprint density at radius 3 is 1.65 bits per heavy atom. The molecule has 0 radical (unpaired) electrons. The lowest BCUT2D eigenvalue weighted by Crippen LogP contribution is -2.36. The van der Waals surface area contributed by atoms with Gasteiger partial charge in [-0.1, -0.05) is 54.6 Å². The van der Waals surface area contributed by atoms with Crippen LogP contribution in [0.5, 0.6) is 0 Å². The zero-order chi connectivity index (χ0) is 15.6. The van der Waals surface area contributed by atoms with Gasteiger partial charge in [0.2, 0.25) is 11.8 Å². The molecule has 1 aliphatic heterocycles. The average Bonchev–Trinajstić information content (AvgIpc) is 2.89. The van der Waals surface area contributed by atoms with Gasteiger partial charge in [-0.15, -0.1) is 0 Å². The summed E-state index contributed by atoms with van der Waals surface area (Å²) in [5.41, 5.74) is 3.09. The van der Waals surface area contributed by atoms with E-state index >= 15 is 0 Å². The average molecular weight is 301 g/mol. The highest BCUT2D eigenvalue weighted by Gasteiger charge is 2.58. The van der Waals surface area contributed by atoms with Crippen molar-refractivity contribution in [2.24, 2.45) is 11.8 Å². The molecule has 112 valence electrons. The third kappa shape index (κ3) is 1.54. The van der Waals surface area contributed by atoms with Gasteiger partial charge in [0.25, 0.3) is 0 Å². The number of imide groups is 1. The van der Waals surface area contributed by atoms with Crippen LogP contribution in [0.2, 0.25) is 0 Å². The number of nitrogens with zero attached hydrogens (tertiary/aromatic N) is 1. The minimum Gasteiger partial charge on any atom is -0.274 e. The minimum absolute atomic E-state index is 0.0198. The summed E-state index contributed by atoms with van der Waals surface area (Å²) in [7, 11) is 0. The van der Waals surface area contributed by atoms with Crippen molar-refractivity contribution in [3.63, 3.8) is 0 Å². The van der Waals surface area contributed by atoms with Gasteiger partial charge in [0, 0.05) is 11.8 Å². The van der Waals surface area contributed by atoms with Crippen molar-refractivity contribution in [2.75, 3.05) is 4.90 Å². The normalized spacial score (nSPS) is 30.5. The molecule has 0 aromatic heterocycles. The van der Waals surface area contributed by atoms with Gasteiger partial charge in [0.1, 0.15) is 0 Å². The van der Waals surface area contributed by atoms with Crippen LogP contribution in [0.1, 0.15) is 23.0 Å². The highest BCUT2D eigenvalue weighted by molar-refractivity contribution is 6.23. The topological polar surface area (TPSA) is 37.4 Å². The second-order valence-electron chi connectivity index (χ2n) is 6.46. The molecule has 0 saturated carbocycles. The predicted octanol–water partition coefficient (Wildman–Crippen LogP) is 3.24. The number of carbonyl (C=O) groups excluding carboxylic acids is 2. The molecule has 0 spiro atoms. The van der Waals surface area contributed by atoms with E-state index in [4.69, 9.17) is 0 Å². The number of hydrogen-bond acceptors (Lipinski definition) is 2. The highest BCUT2D eigenvalue weighted by Crippen LogP contribution is 2.55. The van der Waals surface area contributed by atoms with Crippen LogP contribution in [-0.2, 0) is 9.59 Å². The third-order valence-electron chi connectivity index (χ3n) is 5.43. The maximum atomic E-state index is 13.0. The smallest absolute Gasteiger partial charge is 0.238 e. The molecule has 2 aromatic rings. The maximum absolute atomic E-state index is 13.0. The van der Waals surface area contributed by atoms with Gasteiger partial charge in [0.05, 0.1) is 17.5 Å². The van der Waals surface area contributed by atoms with Gasteiger partial charge in [-0.3, -0.25) is 9.59 Å². The molecule has 23 heavy (non-hydrogen) atoms. The highest BCUT2D eigenvalue weighted by atomic mass is 16.2. The molecular weight excluding hydrogens is 286 g/mol. The Kier molecular flexibility index (Phi) is 2.46. The lowest BCUT2D eigenvalue weighted by Gasteiger charge is -2.40. The number of rotatable bonds is 1. The molecule has 3 heteroatoms. The van der Waals surface area contributed by atoms with Crippen LogP contribution in [-0.4, -0.2) is 11.8 Å². The Hall–Kier alpha value is -2.68. The van der Waals surface area contributed by atoms with E-state index in [1.807, 2.05) is 42.5 Å². The van der Waals surface area contributed by atoms with Crippen molar-refractivity contribution in [1.29, 1.82) is 0 Å². The quantitative estimate of drug-likeness (QED) is 0.599. The van der Waals surface area contributed by atoms with Crippen LogP contribution in [0.4, 0.5) is 5.69 Å². The number of para-hydroxylation sites is 1. The van der Waals surface area contributed by atoms with Crippen LogP contribution in [0.25, 0.3) is 0 Å². The number of benzene rings is 2. The van der Waals surface area contributed by atoms with Gasteiger partial charge >= 0.3 is 0 Å². The molecule has 6 rings (SSSR count). The Morgan fingerprint density at radius 2 is 1.13 bits per heavy atom. The molecule has 1 fully saturated rings. The number of carbonyl (C=O) groups is 2. The van der Waals surface area contributed by atoms with Crippen molar-refractivity contribution < 1.29 is 9.59 Å². The van der Waals surface area contributed by atoms with Crippen LogP contribution in [0.15, 0.2) is 66.7 Å².